The maximum atomic E-state index is 13.2. The van der Waals surface area contributed by atoms with Crippen LogP contribution < -0.4 is 5.32 Å². The summed E-state index contributed by atoms with van der Waals surface area (Å²) in [6.07, 6.45) is 66.7. The van der Waals surface area contributed by atoms with Crippen LogP contribution in [-0.2, 0) is 14.3 Å². The van der Waals surface area contributed by atoms with E-state index < -0.39 is 18.2 Å². The zero-order valence-corrected chi connectivity index (χ0v) is 42.9. The van der Waals surface area contributed by atoms with Gasteiger partial charge in [-0.2, -0.15) is 0 Å². The number of allylic oxidation sites excluding steroid dienone is 12. The maximum absolute atomic E-state index is 13.2. The second-order valence-electron chi connectivity index (χ2n) is 18.8. The number of amides is 1. The number of nitrogens with one attached hydrogen (secondary N) is 1. The summed E-state index contributed by atoms with van der Waals surface area (Å²) < 4.78 is 5.94. The minimum atomic E-state index is -0.797. The fourth-order valence-corrected chi connectivity index (χ4v) is 8.16. The molecule has 0 saturated heterocycles. The third-order valence-electron chi connectivity index (χ3n) is 12.4. The maximum Gasteiger partial charge on any atom is 0.306 e. The summed E-state index contributed by atoms with van der Waals surface area (Å²) in [6, 6.07) is -0.713. The van der Waals surface area contributed by atoms with Gasteiger partial charge in [-0.3, -0.25) is 9.59 Å². The molecule has 376 valence electrons. The van der Waals surface area contributed by atoms with Crippen molar-refractivity contribution < 1.29 is 24.5 Å². The number of ether oxygens (including phenoxy) is 1. The van der Waals surface area contributed by atoms with Crippen molar-refractivity contribution in [3.8, 4) is 0 Å². The van der Waals surface area contributed by atoms with Crippen molar-refractivity contribution in [2.24, 2.45) is 0 Å². The first-order valence-electron chi connectivity index (χ1n) is 27.7. The van der Waals surface area contributed by atoms with Crippen molar-refractivity contribution >= 4 is 11.9 Å². The average Bonchev–Trinajstić information content (AvgIpc) is 3.30. The molecule has 6 heteroatoms. The van der Waals surface area contributed by atoms with E-state index in [1.807, 2.05) is 24.3 Å². The fraction of sp³-hybridized carbons (Fsp3) is 0.763. The van der Waals surface area contributed by atoms with Crippen LogP contribution in [0.15, 0.2) is 72.9 Å². The minimum absolute atomic E-state index is 0.0593. The molecule has 3 atom stereocenters. The van der Waals surface area contributed by atoms with E-state index in [1.54, 1.807) is 0 Å². The van der Waals surface area contributed by atoms with Crippen molar-refractivity contribution in [3.05, 3.63) is 72.9 Å². The van der Waals surface area contributed by atoms with Crippen LogP contribution in [0.3, 0.4) is 0 Å². The summed E-state index contributed by atoms with van der Waals surface area (Å²) >= 11 is 0. The molecule has 0 aromatic heterocycles. The molecular formula is C59H105NO5. The van der Waals surface area contributed by atoms with Crippen LogP contribution in [0.4, 0.5) is 0 Å². The third-order valence-corrected chi connectivity index (χ3v) is 12.4. The lowest BCUT2D eigenvalue weighted by atomic mass is 10.0. The molecule has 65 heavy (non-hydrogen) atoms. The lowest BCUT2D eigenvalue weighted by Crippen LogP contribution is -2.46. The predicted octanol–water partition coefficient (Wildman–Crippen LogP) is 17.0. The van der Waals surface area contributed by atoms with Crippen LogP contribution in [0.5, 0.6) is 0 Å². The Morgan fingerprint density at radius 1 is 0.446 bits per heavy atom. The van der Waals surface area contributed by atoms with E-state index in [0.29, 0.717) is 19.3 Å². The first kappa shape index (κ1) is 62.3. The zero-order chi connectivity index (χ0) is 47.4. The normalized spacial score (nSPS) is 13.7. The number of esters is 1. The highest BCUT2D eigenvalue weighted by molar-refractivity contribution is 5.77. The molecule has 0 aromatic carbocycles. The molecule has 3 unspecified atom stereocenters. The van der Waals surface area contributed by atoms with E-state index in [-0.39, 0.29) is 24.9 Å². The Balaban J connectivity index is 4.60. The lowest BCUT2D eigenvalue weighted by Gasteiger charge is -2.24. The van der Waals surface area contributed by atoms with Crippen LogP contribution in [-0.4, -0.2) is 46.9 Å². The number of rotatable bonds is 49. The number of carbonyl (C=O) groups is 2. The summed E-state index contributed by atoms with van der Waals surface area (Å²) in [5.74, 6) is -0.508. The van der Waals surface area contributed by atoms with Crippen LogP contribution in [0.2, 0.25) is 0 Å². The molecule has 0 rings (SSSR count). The van der Waals surface area contributed by atoms with Gasteiger partial charge in [0.2, 0.25) is 5.91 Å². The number of hydrogen-bond donors (Lipinski definition) is 3. The van der Waals surface area contributed by atoms with E-state index in [9.17, 15) is 19.8 Å². The Morgan fingerprint density at radius 3 is 1.31 bits per heavy atom. The van der Waals surface area contributed by atoms with Crippen LogP contribution in [0.25, 0.3) is 0 Å². The van der Waals surface area contributed by atoms with Crippen LogP contribution in [0.1, 0.15) is 265 Å². The Bertz CT molecular complexity index is 1200. The summed E-state index contributed by atoms with van der Waals surface area (Å²) in [5, 5.41) is 23.8. The van der Waals surface area contributed by atoms with E-state index in [1.165, 1.54) is 128 Å². The number of carbonyl (C=O) groups excluding carboxylic acids is 2. The molecule has 0 heterocycles. The average molecular weight is 908 g/mol. The fourth-order valence-electron chi connectivity index (χ4n) is 8.16. The highest BCUT2D eigenvalue weighted by Gasteiger charge is 2.24. The Labute approximate surface area is 402 Å². The third kappa shape index (κ3) is 47.6. The molecule has 0 aliphatic carbocycles. The smallest absolute Gasteiger partial charge is 0.306 e. The molecule has 3 N–H and O–H groups in total. The molecule has 0 radical (unpaired) electrons. The first-order valence-corrected chi connectivity index (χ1v) is 27.7. The predicted molar refractivity (Wildman–Crippen MR) is 282 cm³/mol. The van der Waals surface area contributed by atoms with E-state index >= 15 is 0 Å². The van der Waals surface area contributed by atoms with Crippen molar-refractivity contribution in [2.45, 2.75) is 283 Å². The van der Waals surface area contributed by atoms with Gasteiger partial charge in [0.1, 0.15) is 6.10 Å². The monoisotopic (exact) mass is 908 g/mol. The Morgan fingerprint density at radius 2 is 0.831 bits per heavy atom. The molecule has 0 aliphatic heterocycles. The Kier molecular flexibility index (Phi) is 50.1. The van der Waals surface area contributed by atoms with Gasteiger partial charge in [0, 0.05) is 6.42 Å². The lowest BCUT2D eigenvalue weighted by molar-refractivity contribution is -0.151. The topological polar surface area (TPSA) is 95.9 Å². The molecule has 0 bridgehead atoms. The van der Waals surface area contributed by atoms with Gasteiger partial charge in [-0.25, -0.2) is 0 Å². The molecule has 0 spiro atoms. The van der Waals surface area contributed by atoms with Gasteiger partial charge in [-0.15, -0.1) is 0 Å². The standard InChI is InChI=1S/C59H105NO5/c1-4-7-10-13-16-19-22-25-27-28-29-31-34-37-40-43-46-49-52-59(64)65-55(50-47-44-41-38-35-32-24-21-18-15-12-9-6-3)53-58(63)60-56(54-61)57(62)51-48-45-42-39-36-33-30-26-23-20-17-14-11-8-5-2/h10,13,16,19,21-22,24-25,27-29,31,55-57,61-62H,4-9,11-12,14-15,17-18,20,23,26,30,32-54H2,1-3H3,(H,60,63)/b13-10+,19-16+,24-21-,25-22+,28-27+,31-29+. The summed E-state index contributed by atoms with van der Waals surface area (Å²) in [6.45, 7) is 6.39. The molecule has 0 saturated carbocycles. The van der Waals surface area contributed by atoms with Gasteiger partial charge in [-0.1, -0.05) is 254 Å². The van der Waals surface area contributed by atoms with Gasteiger partial charge in [0.15, 0.2) is 0 Å². The van der Waals surface area contributed by atoms with Crippen molar-refractivity contribution in [2.75, 3.05) is 6.61 Å². The van der Waals surface area contributed by atoms with Gasteiger partial charge in [0.05, 0.1) is 25.2 Å². The summed E-state index contributed by atoms with van der Waals surface area (Å²) in [4.78, 5) is 26.2. The number of aliphatic hydroxyl groups is 2. The first-order chi connectivity index (χ1) is 32.0. The number of unbranched alkanes of at least 4 members (excludes halogenated alkanes) is 29. The largest absolute Gasteiger partial charge is 0.462 e. The van der Waals surface area contributed by atoms with Gasteiger partial charge in [0.25, 0.3) is 0 Å². The summed E-state index contributed by atoms with van der Waals surface area (Å²) in [5.41, 5.74) is 0. The number of aliphatic hydroxyl groups excluding tert-OH is 2. The van der Waals surface area contributed by atoms with Crippen molar-refractivity contribution in [1.29, 1.82) is 0 Å². The second-order valence-corrected chi connectivity index (χ2v) is 18.8. The van der Waals surface area contributed by atoms with Gasteiger partial charge in [-0.05, 0) is 70.6 Å². The highest BCUT2D eigenvalue weighted by Crippen LogP contribution is 2.18. The van der Waals surface area contributed by atoms with E-state index in [2.05, 4.69) is 74.7 Å². The minimum Gasteiger partial charge on any atom is -0.462 e. The molecule has 0 fully saturated rings. The van der Waals surface area contributed by atoms with E-state index in [0.717, 1.165) is 89.9 Å². The Hall–Kier alpha value is -2.70. The molecule has 0 aliphatic rings. The molecule has 1 amide bonds. The second kappa shape index (κ2) is 52.3. The van der Waals surface area contributed by atoms with Crippen molar-refractivity contribution in [3.63, 3.8) is 0 Å². The molecular weight excluding hydrogens is 803 g/mol. The van der Waals surface area contributed by atoms with E-state index in [4.69, 9.17) is 4.74 Å². The number of hydrogen-bond acceptors (Lipinski definition) is 5. The van der Waals surface area contributed by atoms with Crippen molar-refractivity contribution in [1.82, 2.24) is 5.32 Å². The quantitative estimate of drug-likeness (QED) is 0.0245. The van der Waals surface area contributed by atoms with Crippen LogP contribution >= 0.6 is 0 Å². The molecule has 0 aromatic rings. The van der Waals surface area contributed by atoms with Gasteiger partial charge < -0.3 is 20.3 Å². The van der Waals surface area contributed by atoms with Gasteiger partial charge >= 0.3 is 5.97 Å². The summed E-state index contributed by atoms with van der Waals surface area (Å²) in [7, 11) is 0. The van der Waals surface area contributed by atoms with Crippen LogP contribution in [0, 0.1) is 0 Å². The SMILES string of the molecule is CCC/C=C/C=C/C=C/C=C/C=C/CCCCCCCC(=O)OC(CCCCCCC/C=C\CCCCCC)CC(=O)NC(CO)C(O)CCCCCCCCCCCCCCCCC. The molecule has 6 nitrogen and oxygen atoms in total. The zero-order valence-electron chi connectivity index (χ0n) is 42.9. The highest BCUT2D eigenvalue weighted by atomic mass is 16.5.